The Bertz CT molecular complexity index is 1200. The van der Waals surface area contributed by atoms with Crippen molar-refractivity contribution in [3.63, 3.8) is 0 Å². The summed E-state index contributed by atoms with van der Waals surface area (Å²) in [5, 5.41) is 0. The maximum atomic E-state index is 7.57. The highest BCUT2D eigenvalue weighted by atomic mass is 35.5. The SMILES string of the molecule is [NH3+]CCC[Si]12O[Si](CCC[N-]Cl)O[Si]3(CCC[N-]Cl)O[Si]4(CCC[N-]Cl)O[Si](CCC[N-]Cl)(O[Si])O[Si](CCC[NH3+])(O1)O[Si](CCC[NH3+])(O4)O[Si](CCC[NH3+])(O2)O3. The molecule has 0 aliphatic carbocycles. The predicted molar refractivity (Wildman–Crippen MR) is 228 cm³/mol. The van der Waals surface area contributed by atoms with E-state index in [1.54, 1.807) is 0 Å². The van der Waals surface area contributed by atoms with Gasteiger partial charge in [-0.1, -0.05) is 25.7 Å². The van der Waals surface area contributed by atoms with Gasteiger partial charge >= 0.3 is 70.9 Å². The maximum Gasteiger partial charge on any atom is 0.479 e. The Labute approximate surface area is 369 Å². The highest BCUT2D eigenvalue weighted by molar-refractivity contribution is 7.00. The van der Waals surface area contributed by atoms with Gasteiger partial charge in [-0.05, 0) is 6.04 Å². The van der Waals surface area contributed by atoms with Gasteiger partial charge in [-0.25, -0.2) is 0 Å². The largest absolute Gasteiger partial charge is 0.575 e. The van der Waals surface area contributed by atoms with E-state index < -0.39 is 70.9 Å². The van der Waals surface area contributed by atoms with Crippen molar-refractivity contribution in [2.45, 2.75) is 99.7 Å². The molecule has 4 saturated heterocycles. The minimum atomic E-state index is -4.20. The molecular formula is C24H60Cl4N8O12Si9. The quantitative estimate of drug-likeness (QED) is 0.0614. The monoisotopic (exact) mass is 1040 g/mol. The van der Waals surface area contributed by atoms with Crippen LogP contribution in [0.15, 0.2) is 0 Å². The molecule has 57 heavy (non-hydrogen) atoms. The smallest absolute Gasteiger partial charge is 0.479 e. The molecule has 332 valence electrons. The molecule has 12 N–H and O–H groups in total. The summed E-state index contributed by atoms with van der Waals surface area (Å²) in [4.78, 5) is 15.4. The van der Waals surface area contributed by atoms with Crippen molar-refractivity contribution in [2.75, 3.05) is 52.4 Å². The van der Waals surface area contributed by atoms with Gasteiger partial charge in [-0.15, -0.1) is 26.2 Å². The van der Waals surface area contributed by atoms with E-state index in [4.69, 9.17) is 96.5 Å². The summed E-state index contributed by atoms with van der Waals surface area (Å²) >= 11 is 23.5. The average molecular weight is 1050 g/mol. The van der Waals surface area contributed by atoms with Crippen molar-refractivity contribution in [1.82, 2.24) is 0 Å². The van der Waals surface area contributed by atoms with Gasteiger partial charge < -0.3 is 91.7 Å². The molecule has 6 bridgehead atoms. The molecule has 0 spiro atoms. The molecule has 7 unspecified atom stereocenters. The fourth-order valence-electron chi connectivity index (χ4n) is 6.83. The van der Waals surface area contributed by atoms with Crippen molar-refractivity contribution < 1.29 is 72.3 Å². The Balaban J connectivity index is 2.14. The molecule has 0 aromatic rings. The van der Waals surface area contributed by atoms with Crippen LogP contribution >= 0.6 is 47.1 Å². The van der Waals surface area contributed by atoms with Gasteiger partial charge in [0.05, 0.1) is 26.2 Å². The van der Waals surface area contributed by atoms with E-state index in [0.717, 1.165) is 0 Å². The summed E-state index contributed by atoms with van der Waals surface area (Å²) < 4.78 is 88.6. The number of rotatable bonds is 29. The Hall–Kier alpha value is 2.31. The highest BCUT2D eigenvalue weighted by Crippen LogP contribution is 2.50. The molecule has 33 heteroatoms. The van der Waals surface area contributed by atoms with E-state index in [1.807, 2.05) is 0 Å². The van der Waals surface area contributed by atoms with Gasteiger partial charge in [-0.3, -0.25) is 47.1 Å². The first-order valence-electron chi connectivity index (χ1n) is 19.7. The van der Waals surface area contributed by atoms with Crippen LogP contribution in [-0.4, -0.2) is 134 Å². The minimum absolute atomic E-state index is 0.211. The van der Waals surface area contributed by atoms with Crippen LogP contribution in [0.5, 0.6) is 0 Å². The lowest BCUT2D eigenvalue weighted by molar-refractivity contribution is -0.368. The van der Waals surface area contributed by atoms with Gasteiger partial charge in [0.1, 0.15) is 0 Å². The number of nitrogens with zero attached hydrogens (tertiary/aromatic N) is 4. The molecule has 20 nitrogen and oxygen atoms in total. The summed E-state index contributed by atoms with van der Waals surface area (Å²) in [5.74, 6) is 0. The van der Waals surface area contributed by atoms with Crippen molar-refractivity contribution in [3.8, 4) is 0 Å². The first-order valence-corrected chi connectivity index (χ1v) is 36.5. The molecule has 0 saturated carbocycles. The molecule has 7 atom stereocenters. The molecule has 4 fully saturated rings. The first-order chi connectivity index (χ1) is 27.5. The van der Waals surface area contributed by atoms with Crippen molar-refractivity contribution in [1.29, 1.82) is 0 Å². The fourth-order valence-corrected chi connectivity index (χ4v) is 53.4. The van der Waals surface area contributed by atoms with Crippen molar-refractivity contribution in [2.24, 2.45) is 0 Å². The van der Waals surface area contributed by atoms with Crippen LogP contribution in [0.4, 0.5) is 0 Å². The Morgan fingerprint density at radius 2 is 0.719 bits per heavy atom. The summed E-state index contributed by atoms with van der Waals surface area (Å²) in [6, 6.07) is 2.51. The number of hydrogen-bond acceptors (Lipinski definition) is 12. The highest BCUT2D eigenvalue weighted by Gasteiger charge is 2.78. The molecule has 0 amide bonds. The van der Waals surface area contributed by atoms with E-state index in [-0.39, 0.29) is 24.7 Å². The van der Waals surface area contributed by atoms with Gasteiger partial charge in [-0.2, -0.15) is 0 Å². The molecule has 4 heterocycles. The second kappa shape index (κ2) is 25.1. The predicted octanol–water partition coefficient (Wildman–Crippen LogP) is 1.58. The van der Waals surface area contributed by atoms with Gasteiger partial charge in [0.2, 0.25) is 10.5 Å². The standard InChI is InChI=1S/C24H56Cl4N8O12Si9/c25-33-13-5-17-50-38-52(18-1-9-29)42-54(19-2-10-30)40-51(37-49,22-6-14-34-26)41-57(24-8-16-36-28)45-53(39-50,23-7-15-35-27)44-55(43-52,20-3-11-31)47-56(46-54,48-57)21-4-12-32/h1-24,29-32H2/q-4/p+4. The summed E-state index contributed by atoms with van der Waals surface area (Å²) in [5.41, 5.74) is 16.6. The lowest BCUT2D eigenvalue weighted by Gasteiger charge is -2.59. The second-order valence-electron chi connectivity index (χ2n) is 14.0. The lowest BCUT2D eigenvalue weighted by atomic mass is 10.5. The first kappa shape index (κ1) is 51.9. The average Bonchev–Trinajstić information content (AvgIpc) is 3.16. The van der Waals surface area contributed by atoms with E-state index in [0.29, 0.717) is 127 Å². The van der Waals surface area contributed by atoms with Crippen molar-refractivity contribution in [3.05, 3.63) is 19.3 Å². The number of fused-ring (bicyclic) bond motifs is 4. The maximum absolute atomic E-state index is 7.57. The zero-order chi connectivity index (χ0) is 41.4. The molecule has 4 radical (unpaired) electrons. The summed E-state index contributed by atoms with van der Waals surface area (Å²) in [6.07, 6.45) is 4.19. The summed E-state index contributed by atoms with van der Waals surface area (Å²) in [7, 11) is -27.4. The zero-order valence-corrected chi connectivity index (χ0v) is 44.5. The van der Waals surface area contributed by atoms with E-state index in [1.165, 1.54) is 0 Å². The second-order valence-corrected chi connectivity index (χ2v) is 39.1. The molecule has 0 aromatic carbocycles. The van der Waals surface area contributed by atoms with Crippen molar-refractivity contribution >= 4 is 129 Å². The number of quaternary nitrogens is 4. The molecule has 0 aromatic heterocycles. The normalized spacial score (nSPS) is 35.7. The van der Waals surface area contributed by atoms with E-state index in [9.17, 15) is 0 Å². The molecule has 4 aliphatic rings. The van der Waals surface area contributed by atoms with Crippen LogP contribution in [0.25, 0.3) is 19.3 Å². The third kappa shape index (κ3) is 14.7. The van der Waals surface area contributed by atoms with Crippen LogP contribution in [-0.2, 0) is 49.4 Å². The van der Waals surface area contributed by atoms with E-state index in [2.05, 4.69) is 52.8 Å². The van der Waals surface area contributed by atoms with Crippen LogP contribution in [0.2, 0.25) is 48.4 Å². The van der Waals surface area contributed by atoms with Gasteiger partial charge in [0.25, 0.3) is 0 Å². The molecular weight excluding hydrogens is 987 g/mol. The third-order valence-corrected chi connectivity index (χ3v) is 45.4. The summed E-state index contributed by atoms with van der Waals surface area (Å²) in [6.45, 7) is 3.51. The van der Waals surface area contributed by atoms with Gasteiger partial charge in [0.15, 0.2) is 0 Å². The van der Waals surface area contributed by atoms with Crippen LogP contribution < -0.4 is 22.9 Å². The third-order valence-electron chi connectivity index (χ3n) is 9.23. The van der Waals surface area contributed by atoms with Crippen LogP contribution in [0.3, 0.4) is 0 Å². The minimum Gasteiger partial charge on any atom is -0.575 e. The Morgan fingerprint density at radius 3 is 1.09 bits per heavy atom. The Kier molecular flexibility index (Phi) is 22.9. The molecule has 4 rings (SSSR count). The number of hydrogen-bond donors (Lipinski definition) is 4. The van der Waals surface area contributed by atoms with Gasteiger partial charge in [0, 0.05) is 68.0 Å². The zero-order valence-electron chi connectivity index (χ0n) is 32.5. The van der Waals surface area contributed by atoms with E-state index >= 15 is 0 Å². The van der Waals surface area contributed by atoms with Crippen LogP contribution in [0, 0.1) is 0 Å². The Morgan fingerprint density at radius 1 is 0.421 bits per heavy atom. The fraction of sp³-hybridized carbons (Fsp3) is 1.00. The topological polar surface area (TPSA) is 278 Å². The lowest BCUT2D eigenvalue weighted by Crippen LogP contribution is -2.84. The number of halogens is 4. The molecule has 4 aliphatic heterocycles. The van der Waals surface area contributed by atoms with Crippen LogP contribution in [0.1, 0.15) is 51.4 Å².